The fourth-order valence-corrected chi connectivity index (χ4v) is 4.04. The van der Waals surface area contributed by atoms with Crippen LogP contribution in [0.15, 0.2) is 58.3 Å². The van der Waals surface area contributed by atoms with E-state index in [4.69, 9.17) is 11.6 Å². The molecule has 5 nitrogen and oxygen atoms in total. The van der Waals surface area contributed by atoms with Gasteiger partial charge >= 0.3 is 0 Å². The predicted octanol–water partition coefficient (Wildman–Crippen LogP) is 4.62. The molecule has 8 heteroatoms. The third kappa shape index (κ3) is 3.70. The molecule has 0 saturated heterocycles. The van der Waals surface area contributed by atoms with Gasteiger partial charge in [0.15, 0.2) is 0 Å². The molecule has 0 amide bonds. The summed E-state index contributed by atoms with van der Waals surface area (Å²) in [5.41, 5.74) is 2.15. The Labute approximate surface area is 167 Å². The second kappa shape index (κ2) is 7.58. The van der Waals surface area contributed by atoms with Gasteiger partial charge in [-0.1, -0.05) is 29.3 Å². The minimum absolute atomic E-state index is 0.0191. The standard InChI is InChI=1S/C20H15ClFN3O2S/c1-13-3-9-17(10-4-13)28(26,27)18(12-23)11-19-14(2)24-25(20(19)21)16-7-5-15(22)6-8-16/h3-11H,1-2H3/b18-11+. The molecule has 142 valence electrons. The Hall–Kier alpha value is -2.95. The van der Waals surface area contributed by atoms with E-state index >= 15 is 0 Å². The van der Waals surface area contributed by atoms with Crippen LogP contribution < -0.4 is 0 Å². The summed E-state index contributed by atoms with van der Waals surface area (Å²) in [6, 6.07) is 13.5. The van der Waals surface area contributed by atoms with Crippen molar-refractivity contribution in [3.63, 3.8) is 0 Å². The van der Waals surface area contributed by atoms with Crippen molar-refractivity contribution in [1.29, 1.82) is 5.26 Å². The predicted molar refractivity (Wildman–Crippen MR) is 105 cm³/mol. The van der Waals surface area contributed by atoms with Gasteiger partial charge in [0, 0.05) is 5.56 Å². The number of halogens is 2. The third-order valence-corrected chi connectivity index (χ3v) is 6.17. The maximum absolute atomic E-state index is 13.1. The number of aromatic nitrogens is 2. The van der Waals surface area contributed by atoms with Crippen molar-refractivity contribution in [2.75, 3.05) is 0 Å². The average Bonchev–Trinajstić information content (AvgIpc) is 2.94. The first-order valence-electron chi connectivity index (χ1n) is 8.18. The lowest BCUT2D eigenvalue weighted by atomic mass is 10.2. The molecule has 0 fully saturated rings. The molecule has 0 radical (unpaired) electrons. The SMILES string of the molecule is Cc1ccc(S(=O)(=O)/C(C#N)=C/c2c(C)nn(-c3ccc(F)cc3)c2Cl)cc1. The zero-order valence-electron chi connectivity index (χ0n) is 15.0. The molecular formula is C20H15ClFN3O2S. The van der Waals surface area contributed by atoms with Crippen LogP contribution in [0.5, 0.6) is 0 Å². The quantitative estimate of drug-likeness (QED) is 0.582. The van der Waals surface area contributed by atoms with E-state index in [0.29, 0.717) is 16.9 Å². The monoisotopic (exact) mass is 415 g/mol. The Balaban J connectivity index is 2.10. The Morgan fingerprint density at radius 2 is 1.75 bits per heavy atom. The van der Waals surface area contributed by atoms with Gasteiger partial charge in [-0.15, -0.1) is 0 Å². The van der Waals surface area contributed by atoms with Gasteiger partial charge < -0.3 is 0 Å². The lowest BCUT2D eigenvalue weighted by Gasteiger charge is -2.04. The van der Waals surface area contributed by atoms with E-state index in [2.05, 4.69) is 5.10 Å². The van der Waals surface area contributed by atoms with E-state index in [1.165, 1.54) is 47.2 Å². The molecule has 0 aliphatic carbocycles. The average molecular weight is 416 g/mol. The second-order valence-corrected chi connectivity index (χ2v) is 8.39. The van der Waals surface area contributed by atoms with Gasteiger partial charge in [-0.2, -0.15) is 10.4 Å². The highest BCUT2D eigenvalue weighted by Crippen LogP contribution is 2.28. The van der Waals surface area contributed by atoms with Crippen molar-refractivity contribution in [1.82, 2.24) is 9.78 Å². The van der Waals surface area contributed by atoms with Crippen molar-refractivity contribution in [3.8, 4) is 11.8 Å². The number of benzene rings is 2. The van der Waals surface area contributed by atoms with Crippen LogP contribution in [0.4, 0.5) is 4.39 Å². The molecule has 1 heterocycles. The molecule has 2 aromatic carbocycles. The fourth-order valence-electron chi connectivity index (χ4n) is 2.57. The van der Waals surface area contributed by atoms with E-state index in [-0.39, 0.29) is 10.0 Å². The fraction of sp³-hybridized carbons (Fsp3) is 0.100. The van der Waals surface area contributed by atoms with Crippen LogP contribution >= 0.6 is 11.6 Å². The lowest BCUT2D eigenvalue weighted by Crippen LogP contribution is -2.03. The second-order valence-electron chi connectivity index (χ2n) is 6.11. The van der Waals surface area contributed by atoms with Crippen molar-refractivity contribution < 1.29 is 12.8 Å². The summed E-state index contributed by atoms with van der Waals surface area (Å²) in [4.78, 5) is -0.425. The largest absolute Gasteiger partial charge is 0.221 e. The zero-order chi connectivity index (χ0) is 20.5. The number of allylic oxidation sites excluding steroid dienone is 1. The van der Waals surface area contributed by atoms with Crippen molar-refractivity contribution in [2.24, 2.45) is 0 Å². The highest BCUT2D eigenvalue weighted by molar-refractivity contribution is 7.95. The normalized spacial score (nSPS) is 12.0. The summed E-state index contributed by atoms with van der Waals surface area (Å²) >= 11 is 6.38. The molecule has 0 spiro atoms. The molecule has 1 aromatic heterocycles. The topological polar surface area (TPSA) is 75.8 Å². The maximum atomic E-state index is 13.1. The van der Waals surface area contributed by atoms with E-state index < -0.39 is 20.6 Å². The zero-order valence-corrected chi connectivity index (χ0v) is 16.6. The molecule has 0 bridgehead atoms. The Morgan fingerprint density at radius 3 is 2.32 bits per heavy atom. The van der Waals surface area contributed by atoms with E-state index in [1.54, 1.807) is 25.1 Å². The molecule has 0 atom stereocenters. The first-order chi connectivity index (χ1) is 13.2. The van der Waals surface area contributed by atoms with Crippen LogP contribution in [0.3, 0.4) is 0 Å². The van der Waals surface area contributed by atoms with Gasteiger partial charge in [0.05, 0.1) is 16.3 Å². The van der Waals surface area contributed by atoms with Gasteiger partial charge in [0.25, 0.3) is 0 Å². The number of sulfone groups is 1. The van der Waals surface area contributed by atoms with Gasteiger partial charge in [-0.3, -0.25) is 0 Å². The van der Waals surface area contributed by atoms with Crippen LogP contribution in [0, 0.1) is 31.0 Å². The van der Waals surface area contributed by atoms with E-state index in [9.17, 15) is 18.1 Å². The summed E-state index contributed by atoms with van der Waals surface area (Å²) in [5, 5.41) is 13.9. The van der Waals surface area contributed by atoms with Crippen molar-refractivity contribution in [3.05, 3.63) is 81.2 Å². The summed E-state index contributed by atoms with van der Waals surface area (Å²) in [6.07, 6.45) is 1.21. The van der Waals surface area contributed by atoms with Crippen molar-refractivity contribution in [2.45, 2.75) is 18.7 Å². The third-order valence-electron chi connectivity index (χ3n) is 4.13. The maximum Gasteiger partial charge on any atom is 0.216 e. The number of nitrogens with zero attached hydrogens (tertiary/aromatic N) is 3. The molecule has 0 aliphatic heterocycles. The molecule has 3 rings (SSSR count). The van der Waals surface area contributed by atoms with Crippen molar-refractivity contribution >= 4 is 27.5 Å². The molecular weight excluding hydrogens is 401 g/mol. The molecule has 28 heavy (non-hydrogen) atoms. The highest BCUT2D eigenvalue weighted by Gasteiger charge is 2.23. The number of hydrogen-bond donors (Lipinski definition) is 0. The molecule has 3 aromatic rings. The first-order valence-corrected chi connectivity index (χ1v) is 10.0. The molecule has 0 aliphatic rings. The van der Waals surface area contributed by atoms with Gasteiger partial charge in [0.2, 0.25) is 9.84 Å². The number of rotatable bonds is 4. The van der Waals surface area contributed by atoms with Crippen LogP contribution in [-0.2, 0) is 9.84 Å². The van der Waals surface area contributed by atoms with Crippen LogP contribution in [-0.4, -0.2) is 18.2 Å². The summed E-state index contributed by atoms with van der Waals surface area (Å²) in [6.45, 7) is 3.48. The Kier molecular flexibility index (Phi) is 5.36. The molecule has 0 unspecified atom stereocenters. The highest BCUT2D eigenvalue weighted by atomic mass is 35.5. The number of hydrogen-bond acceptors (Lipinski definition) is 4. The lowest BCUT2D eigenvalue weighted by molar-refractivity contribution is 0.603. The van der Waals surface area contributed by atoms with E-state index in [1.807, 2.05) is 6.92 Å². The number of aryl methyl sites for hydroxylation is 2. The smallest absolute Gasteiger partial charge is 0.216 e. The summed E-state index contributed by atoms with van der Waals surface area (Å²) in [7, 11) is -4.01. The first kappa shape index (κ1) is 19.8. The van der Waals surface area contributed by atoms with Crippen LogP contribution in [0.25, 0.3) is 11.8 Å². The summed E-state index contributed by atoms with van der Waals surface area (Å²) < 4.78 is 40.1. The Bertz CT molecular complexity index is 1210. The van der Waals surface area contributed by atoms with Gasteiger partial charge in [-0.05, 0) is 56.3 Å². The van der Waals surface area contributed by atoms with Crippen LogP contribution in [0.2, 0.25) is 5.15 Å². The minimum Gasteiger partial charge on any atom is -0.221 e. The van der Waals surface area contributed by atoms with Gasteiger partial charge in [-0.25, -0.2) is 17.5 Å². The molecule has 0 N–H and O–H groups in total. The molecule has 0 saturated carbocycles. The van der Waals surface area contributed by atoms with Crippen LogP contribution in [0.1, 0.15) is 16.8 Å². The van der Waals surface area contributed by atoms with E-state index in [0.717, 1.165) is 5.56 Å². The summed E-state index contributed by atoms with van der Waals surface area (Å²) in [5.74, 6) is -0.403. The van der Waals surface area contributed by atoms with Gasteiger partial charge in [0.1, 0.15) is 21.9 Å². The number of nitriles is 1. The Morgan fingerprint density at radius 1 is 1.14 bits per heavy atom. The minimum atomic E-state index is -4.01.